The van der Waals surface area contributed by atoms with Crippen molar-refractivity contribution in [1.82, 2.24) is 19.9 Å². The van der Waals surface area contributed by atoms with E-state index in [1.807, 2.05) is 0 Å². The van der Waals surface area contributed by atoms with Gasteiger partial charge in [0.25, 0.3) is 0 Å². The van der Waals surface area contributed by atoms with Crippen molar-refractivity contribution in [2.75, 3.05) is 0 Å². The minimum Gasteiger partial charge on any atom is -0.355 e. The van der Waals surface area contributed by atoms with Gasteiger partial charge in [-0.3, -0.25) is 0 Å². The Kier molecular flexibility index (Phi) is 9.80. The fourth-order valence-corrected chi connectivity index (χ4v) is 9.53. The Morgan fingerprint density at radius 2 is 0.960 bits per heavy atom. The Morgan fingerprint density at radius 3 is 1.46 bits per heavy atom. The average molecular weight is 669 g/mol. The number of aryl methyl sites for hydroxylation is 4. The summed E-state index contributed by atoms with van der Waals surface area (Å²) in [7, 11) is 0. The molecule has 3 aromatic rings. The zero-order chi connectivity index (χ0) is 36.2. The molecular weight excluding hydrogens is 609 g/mol. The molecule has 5 heterocycles. The van der Waals surface area contributed by atoms with Crippen molar-refractivity contribution in [1.29, 1.82) is 0 Å². The molecule has 3 aromatic heterocycles. The molecule has 0 aromatic carbocycles. The predicted octanol–water partition coefficient (Wildman–Crippen LogP) is 13.2. The summed E-state index contributed by atoms with van der Waals surface area (Å²) in [6.45, 7) is 30.2. The van der Waals surface area contributed by atoms with Crippen LogP contribution in [0.3, 0.4) is 0 Å². The number of rotatable bonds is 9. The van der Waals surface area contributed by atoms with Gasteiger partial charge in [-0.05, 0) is 152 Å². The summed E-state index contributed by atoms with van der Waals surface area (Å²) in [4.78, 5) is 19.2. The zero-order valence-corrected chi connectivity index (χ0v) is 33.3. The van der Waals surface area contributed by atoms with Crippen molar-refractivity contribution in [3.05, 3.63) is 85.5 Å². The number of aromatic amines is 2. The first-order chi connectivity index (χ1) is 23.9. The summed E-state index contributed by atoms with van der Waals surface area (Å²) in [6.07, 6.45) is 7.64. The van der Waals surface area contributed by atoms with Gasteiger partial charge in [0.05, 0.1) is 28.3 Å². The summed E-state index contributed by atoms with van der Waals surface area (Å²) in [5.74, 6) is 0. The Morgan fingerprint density at radius 1 is 0.500 bits per heavy atom. The van der Waals surface area contributed by atoms with E-state index in [1.54, 1.807) is 0 Å². The Hall–Kier alpha value is -3.92. The van der Waals surface area contributed by atoms with Gasteiger partial charge in [0.15, 0.2) is 0 Å². The molecule has 264 valence electrons. The van der Waals surface area contributed by atoms with Crippen LogP contribution in [0.1, 0.15) is 166 Å². The largest absolute Gasteiger partial charge is 0.355 e. The van der Waals surface area contributed by atoms with Crippen LogP contribution >= 0.6 is 0 Å². The van der Waals surface area contributed by atoms with Crippen molar-refractivity contribution in [3.8, 4) is 0 Å². The second-order valence-corrected chi connectivity index (χ2v) is 14.9. The van der Waals surface area contributed by atoms with Crippen LogP contribution in [0.2, 0.25) is 0 Å². The SMILES string of the molecule is CCC1=C(CC)c2cc3[nH]c(cc4[nH]c(c(CC)c4CC)c(C4=C(C)C(C)=C(C)C4(C)C)c4nc(cc1n2)C(CC)=C4CC)c(CC)c3CC. The zero-order valence-electron chi connectivity index (χ0n) is 33.3. The molecule has 2 aliphatic heterocycles. The third-order valence-electron chi connectivity index (χ3n) is 12.4. The highest BCUT2D eigenvalue weighted by Crippen LogP contribution is 2.54. The van der Waals surface area contributed by atoms with Crippen LogP contribution in [0.25, 0.3) is 49.9 Å². The van der Waals surface area contributed by atoms with Crippen LogP contribution < -0.4 is 0 Å². The Bertz CT molecular complexity index is 2180. The first-order valence-corrected chi connectivity index (χ1v) is 19.6. The summed E-state index contributed by atoms with van der Waals surface area (Å²) in [6, 6.07) is 7.06. The van der Waals surface area contributed by atoms with E-state index in [1.165, 1.54) is 94.5 Å². The van der Waals surface area contributed by atoms with Gasteiger partial charge in [-0.2, -0.15) is 0 Å². The highest BCUT2D eigenvalue weighted by Gasteiger charge is 2.39. The molecule has 4 heteroatoms. The molecule has 0 amide bonds. The minimum absolute atomic E-state index is 0.125. The van der Waals surface area contributed by atoms with Gasteiger partial charge in [0, 0.05) is 27.5 Å². The molecule has 0 unspecified atom stereocenters. The maximum atomic E-state index is 5.72. The van der Waals surface area contributed by atoms with E-state index in [9.17, 15) is 0 Å². The molecule has 0 atom stereocenters. The third-order valence-corrected chi connectivity index (χ3v) is 12.4. The highest BCUT2D eigenvalue weighted by atomic mass is 14.8. The van der Waals surface area contributed by atoms with Gasteiger partial charge in [-0.15, -0.1) is 0 Å². The summed E-state index contributed by atoms with van der Waals surface area (Å²) >= 11 is 0. The van der Waals surface area contributed by atoms with Crippen LogP contribution in [0.15, 0.2) is 34.9 Å². The van der Waals surface area contributed by atoms with E-state index in [-0.39, 0.29) is 5.41 Å². The number of aromatic nitrogens is 4. The van der Waals surface area contributed by atoms with Gasteiger partial charge in [0.1, 0.15) is 0 Å². The quantitative estimate of drug-likeness (QED) is 0.238. The van der Waals surface area contributed by atoms with Crippen molar-refractivity contribution in [2.45, 2.75) is 141 Å². The van der Waals surface area contributed by atoms with Crippen molar-refractivity contribution >= 4 is 49.9 Å². The highest BCUT2D eigenvalue weighted by molar-refractivity contribution is 6.02. The lowest BCUT2D eigenvalue weighted by molar-refractivity contribution is 0.609. The summed E-state index contributed by atoms with van der Waals surface area (Å²) in [5.41, 5.74) is 27.2. The van der Waals surface area contributed by atoms with Crippen molar-refractivity contribution in [2.24, 2.45) is 5.41 Å². The molecule has 0 saturated heterocycles. The van der Waals surface area contributed by atoms with Crippen LogP contribution in [0, 0.1) is 5.41 Å². The first-order valence-electron chi connectivity index (χ1n) is 19.6. The normalized spacial score (nSPS) is 16.2. The van der Waals surface area contributed by atoms with E-state index < -0.39 is 0 Å². The molecule has 3 aliphatic rings. The number of fused-ring (bicyclic) bond motifs is 8. The number of H-pyrrole nitrogens is 2. The van der Waals surface area contributed by atoms with Gasteiger partial charge in [-0.1, -0.05) is 74.8 Å². The first kappa shape index (κ1) is 35.9. The molecule has 1 aliphatic carbocycles. The maximum Gasteiger partial charge on any atom is 0.0768 e. The number of nitrogens with zero attached hydrogens (tertiary/aromatic N) is 2. The number of hydrogen-bond acceptors (Lipinski definition) is 2. The van der Waals surface area contributed by atoms with Crippen molar-refractivity contribution < 1.29 is 0 Å². The molecule has 6 rings (SSSR count). The molecule has 0 radical (unpaired) electrons. The third kappa shape index (κ3) is 5.31. The standard InChI is InChI=1S/C46H60N4/c1-14-28-30(16-3)38-23-40-32(18-5)34(20-7)44(49-40)42(43-26(10)25(9)27(11)46(43,12)13)45-35(21-8)33(19-6)41(50-45)24-39-31(17-4)29(15-2)37(48-39)22-36(28)47-38/h22-24,47,49H,14-21H2,1-13H3. The lowest BCUT2D eigenvalue weighted by Gasteiger charge is -2.27. The van der Waals surface area contributed by atoms with E-state index in [0.29, 0.717) is 0 Å². The Labute approximate surface area is 301 Å². The molecule has 4 nitrogen and oxygen atoms in total. The summed E-state index contributed by atoms with van der Waals surface area (Å²) < 4.78 is 0. The summed E-state index contributed by atoms with van der Waals surface area (Å²) in [5, 5.41) is 0. The molecule has 2 N–H and O–H groups in total. The predicted molar refractivity (Wildman–Crippen MR) is 218 cm³/mol. The molecule has 50 heavy (non-hydrogen) atoms. The van der Waals surface area contributed by atoms with E-state index in [4.69, 9.17) is 9.97 Å². The molecule has 0 spiro atoms. The lowest BCUT2D eigenvalue weighted by Crippen LogP contribution is -2.14. The molecule has 8 bridgehead atoms. The van der Waals surface area contributed by atoms with Crippen molar-refractivity contribution in [3.63, 3.8) is 0 Å². The maximum absolute atomic E-state index is 5.72. The Balaban J connectivity index is 1.96. The fraction of sp³-hybridized carbons (Fsp3) is 0.478. The van der Waals surface area contributed by atoms with Crippen LogP contribution in [-0.4, -0.2) is 19.9 Å². The number of allylic oxidation sites excluding steroid dienone is 8. The topological polar surface area (TPSA) is 57.4 Å². The van der Waals surface area contributed by atoms with Gasteiger partial charge >= 0.3 is 0 Å². The van der Waals surface area contributed by atoms with Gasteiger partial charge in [0.2, 0.25) is 0 Å². The molecular formula is C46H60N4. The monoisotopic (exact) mass is 668 g/mol. The van der Waals surface area contributed by atoms with E-state index in [2.05, 4.69) is 118 Å². The van der Waals surface area contributed by atoms with Gasteiger partial charge < -0.3 is 9.97 Å². The van der Waals surface area contributed by atoms with Crippen LogP contribution in [0.5, 0.6) is 0 Å². The molecule has 0 saturated carbocycles. The molecule has 0 fully saturated rings. The number of nitrogens with one attached hydrogen (secondary N) is 2. The van der Waals surface area contributed by atoms with Crippen LogP contribution in [-0.2, 0) is 25.7 Å². The minimum atomic E-state index is -0.125. The lowest BCUT2D eigenvalue weighted by atomic mass is 9.76. The van der Waals surface area contributed by atoms with Gasteiger partial charge in [-0.25, -0.2) is 9.97 Å². The second kappa shape index (κ2) is 13.7. The average Bonchev–Trinajstić information content (AvgIpc) is 3.86. The second-order valence-electron chi connectivity index (χ2n) is 14.9. The van der Waals surface area contributed by atoms with E-state index in [0.717, 1.165) is 74.1 Å². The number of hydrogen-bond donors (Lipinski definition) is 2. The fourth-order valence-electron chi connectivity index (χ4n) is 9.53. The van der Waals surface area contributed by atoms with E-state index >= 15 is 0 Å². The van der Waals surface area contributed by atoms with Crippen LogP contribution in [0.4, 0.5) is 0 Å². The smallest absolute Gasteiger partial charge is 0.0768 e.